The summed E-state index contributed by atoms with van der Waals surface area (Å²) in [6.45, 7) is -1.38. The normalized spacial score (nSPS) is 12.1. The van der Waals surface area contributed by atoms with E-state index in [-0.39, 0.29) is 16.6 Å². The number of nitrogens with one attached hydrogen (secondary N) is 1. The molecule has 0 amide bonds. The first-order chi connectivity index (χ1) is 15.1. The molecule has 32 heavy (non-hydrogen) atoms. The summed E-state index contributed by atoms with van der Waals surface area (Å²) >= 11 is 0. The van der Waals surface area contributed by atoms with Gasteiger partial charge in [0, 0.05) is 42.3 Å². The molecule has 0 aliphatic heterocycles. The van der Waals surface area contributed by atoms with Crippen LogP contribution in [0.5, 0.6) is 5.75 Å². The minimum absolute atomic E-state index is 0.0458. The lowest BCUT2D eigenvalue weighted by atomic mass is 10.2. The Kier molecular flexibility index (Phi) is 5.42. The lowest BCUT2D eigenvalue weighted by molar-refractivity contribution is -0.153. The van der Waals surface area contributed by atoms with Gasteiger partial charge in [-0.25, -0.2) is 12.9 Å². The minimum Gasteiger partial charge on any atom is -0.484 e. The number of aromatic nitrogens is 5. The molecular formula is C19H15F3N6O3S. The molecule has 4 aromatic rings. The van der Waals surface area contributed by atoms with Crippen molar-refractivity contribution < 1.29 is 26.3 Å². The fourth-order valence-electron chi connectivity index (χ4n) is 2.75. The number of pyridine rings is 1. The van der Waals surface area contributed by atoms with Gasteiger partial charge in [-0.2, -0.15) is 18.2 Å². The highest BCUT2D eigenvalue weighted by atomic mass is 32.2. The average molecular weight is 464 g/mol. The van der Waals surface area contributed by atoms with E-state index in [4.69, 9.17) is 0 Å². The van der Waals surface area contributed by atoms with E-state index < -0.39 is 22.6 Å². The molecule has 0 spiro atoms. The fourth-order valence-corrected chi connectivity index (χ4v) is 3.35. The monoisotopic (exact) mass is 464 g/mol. The van der Waals surface area contributed by atoms with Gasteiger partial charge in [-0.15, -0.1) is 5.10 Å². The highest BCUT2D eigenvalue weighted by Gasteiger charge is 2.28. The summed E-state index contributed by atoms with van der Waals surface area (Å²) in [7, 11) is -3.46. The lowest BCUT2D eigenvalue weighted by Gasteiger charge is -2.09. The Morgan fingerprint density at radius 1 is 1.16 bits per heavy atom. The summed E-state index contributed by atoms with van der Waals surface area (Å²) in [5, 5.41) is 7.24. The number of hydrogen-bond donors (Lipinski definition) is 1. The van der Waals surface area contributed by atoms with E-state index in [2.05, 4.69) is 30.1 Å². The van der Waals surface area contributed by atoms with Crippen LogP contribution < -0.4 is 10.1 Å². The van der Waals surface area contributed by atoms with Crippen molar-refractivity contribution in [2.75, 3.05) is 18.2 Å². The Morgan fingerprint density at radius 2 is 1.91 bits per heavy atom. The van der Waals surface area contributed by atoms with E-state index in [0.29, 0.717) is 22.6 Å². The van der Waals surface area contributed by atoms with Gasteiger partial charge in [0.1, 0.15) is 11.4 Å². The maximum Gasteiger partial charge on any atom is 0.422 e. The van der Waals surface area contributed by atoms with Crippen molar-refractivity contribution in [1.29, 1.82) is 0 Å². The van der Waals surface area contributed by atoms with Crippen LogP contribution in [-0.2, 0) is 9.84 Å². The van der Waals surface area contributed by atoms with Gasteiger partial charge in [0.05, 0.1) is 4.90 Å². The highest BCUT2D eigenvalue weighted by molar-refractivity contribution is 7.90. The molecule has 3 aromatic heterocycles. The number of alkyl halides is 3. The van der Waals surface area contributed by atoms with Crippen LogP contribution in [0.3, 0.4) is 0 Å². The van der Waals surface area contributed by atoms with Crippen LogP contribution in [0.4, 0.5) is 24.8 Å². The van der Waals surface area contributed by atoms with Crippen LogP contribution >= 0.6 is 0 Å². The second kappa shape index (κ2) is 8.07. The van der Waals surface area contributed by atoms with Crippen LogP contribution in [0.2, 0.25) is 0 Å². The first-order valence-electron chi connectivity index (χ1n) is 9.02. The van der Waals surface area contributed by atoms with Crippen molar-refractivity contribution in [3.63, 3.8) is 0 Å². The van der Waals surface area contributed by atoms with E-state index in [1.54, 1.807) is 6.20 Å². The first kappa shape index (κ1) is 21.5. The predicted molar refractivity (Wildman–Crippen MR) is 108 cm³/mol. The van der Waals surface area contributed by atoms with Crippen molar-refractivity contribution in [2.24, 2.45) is 0 Å². The molecule has 0 saturated heterocycles. The zero-order valence-electron chi connectivity index (χ0n) is 16.4. The number of nitrogens with zero attached hydrogens (tertiary/aromatic N) is 5. The van der Waals surface area contributed by atoms with Gasteiger partial charge in [0.25, 0.3) is 0 Å². The van der Waals surface area contributed by atoms with Gasteiger partial charge in [-0.1, -0.05) is 0 Å². The van der Waals surface area contributed by atoms with Crippen LogP contribution in [0.1, 0.15) is 0 Å². The fraction of sp³-hybridized carbons (Fsp3) is 0.158. The van der Waals surface area contributed by atoms with Gasteiger partial charge in [0.2, 0.25) is 5.95 Å². The number of hydrogen-bond acceptors (Lipinski definition) is 8. The van der Waals surface area contributed by atoms with Crippen LogP contribution in [-0.4, -0.2) is 52.0 Å². The predicted octanol–water partition coefficient (Wildman–Crippen LogP) is 3.27. The van der Waals surface area contributed by atoms with Crippen LogP contribution in [0, 0.1) is 0 Å². The Morgan fingerprint density at radius 3 is 2.59 bits per heavy atom. The third-order valence-corrected chi connectivity index (χ3v) is 5.26. The number of fused-ring (bicyclic) bond motifs is 1. The average Bonchev–Trinajstić information content (AvgIpc) is 3.14. The van der Waals surface area contributed by atoms with E-state index >= 15 is 0 Å². The Hall–Kier alpha value is -3.74. The summed E-state index contributed by atoms with van der Waals surface area (Å²) in [6.07, 6.45) is 2.44. The summed E-state index contributed by atoms with van der Waals surface area (Å²) in [5.41, 5.74) is 1.70. The van der Waals surface area contributed by atoms with E-state index in [9.17, 15) is 21.6 Å². The Labute approximate surface area is 179 Å². The maximum atomic E-state index is 12.3. The Bertz CT molecular complexity index is 1370. The van der Waals surface area contributed by atoms with Crippen molar-refractivity contribution in [2.45, 2.75) is 11.1 Å². The molecule has 0 atom stereocenters. The quantitative estimate of drug-likeness (QED) is 0.463. The molecule has 4 rings (SSSR count). The zero-order chi connectivity index (χ0) is 22.9. The highest BCUT2D eigenvalue weighted by Crippen LogP contribution is 2.25. The molecule has 1 N–H and O–H groups in total. The summed E-state index contributed by atoms with van der Waals surface area (Å²) in [6, 6.07) is 7.27. The van der Waals surface area contributed by atoms with Crippen LogP contribution in [0.25, 0.3) is 16.9 Å². The van der Waals surface area contributed by atoms with Gasteiger partial charge in [0.15, 0.2) is 22.1 Å². The zero-order valence-corrected chi connectivity index (χ0v) is 17.2. The van der Waals surface area contributed by atoms with Crippen molar-refractivity contribution in [3.8, 4) is 17.0 Å². The SMILES string of the molecule is CS(=O)(=O)c1cncc(-c2nccn3nc(Nc4ccc(OCC(F)(F)F)cc4)nc23)c1. The molecule has 0 saturated carbocycles. The van der Waals surface area contributed by atoms with Crippen LogP contribution in [0.15, 0.2) is 60.0 Å². The minimum atomic E-state index is -4.42. The summed E-state index contributed by atoms with van der Waals surface area (Å²) in [5.74, 6) is 0.274. The molecule has 9 nitrogen and oxygen atoms in total. The van der Waals surface area contributed by atoms with E-state index in [1.165, 1.54) is 53.4 Å². The number of benzene rings is 1. The second-order valence-corrected chi connectivity index (χ2v) is 8.73. The van der Waals surface area contributed by atoms with Crippen molar-refractivity contribution in [1.82, 2.24) is 24.6 Å². The molecule has 0 fully saturated rings. The molecule has 1 aromatic carbocycles. The molecule has 0 unspecified atom stereocenters. The molecular weight excluding hydrogens is 449 g/mol. The number of halogens is 3. The standard InChI is InChI=1S/C19H15F3N6O3S/c1-32(29,30)15-8-12(9-23-10-15)16-17-26-18(27-28(17)7-6-24-16)25-13-2-4-14(5-3-13)31-11-19(20,21)22/h2-10H,11H2,1H3,(H,25,27). The number of ether oxygens (including phenoxy) is 1. The second-order valence-electron chi connectivity index (χ2n) is 6.71. The van der Waals surface area contributed by atoms with Gasteiger partial charge in [-0.3, -0.25) is 9.97 Å². The molecule has 0 aliphatic carbocycles. The van der Waals surface area contributed by atoms with Gasteiger partial charge >= 0.3 is 6.18 Å². The third kappa shape index (κ3) is 4.94. The number of anilines is 2. The molecule has 0 aliphatic rings. The topological polar surface area (TPSA) is 111 Å². The maximum absolute atomic E-state index is 12.3. The van der Waals surface area contributed by atoms with E-state index in [1.807, 2.05) is 0 Å². The summed E-state index contributed by atoms with van der Waals surface area (Å²) in [4.78, 5) is 12.7. The smallest absolute Gasteiger partial charge is 0.422 e. The molecule has 3 heterocycles. The van der Waals surface area contributed by atoms with Gasteiger partial charge < -0.3 is 10.1 Å². The van der Waals surface area contributed by atoms with Gasteiger partial charge in [-0.05, 0) is 30.3 Å². The van der Waals surface area contributed by atoms with E-state index in [0.717, 1.165) is 6.26 Å². The summed E-state index contributed by atoms with van der Waals surface area (Å²) < 4.78 is 66.5. The molecule has 13 heteroatoms. The van der Waals surface area contributed by atoms with Crippen molar-refractivity contribution >= 4 is 27.1 Å². The molecule has 0 bridgehead atoms. The largest absolute Gasteiger partial charge is 0.484 e. The number of rotatable bonds is 6. The first-order valence-corrected chi connectivity index (χ1v) is 10.9. The Balaban J connectivity index is 1.59. The third-order valence-electron chi connectivity index (χ3n) is 4.18. The molecule has 0 radical (unpaired) electrons. The lowest BCUT2D eigenvalue weighted by Crippen LogP contribution is -2.19. The molecule has 166 valence electrons. The number of sulfone groups is 1. The van der Waals surface area contributed by atoms with Crippen molar-refractivity contribution in [3.05, 3.63) is 55.1 Å².